The standard InChI is InChI=1S/C16H24N4O3.ClH/c1-11(10-23-2)18-16(22)19-15(21)9-20-8-4-5-12-13(17)6-3-7-14(12)20;/h3,6-7,11H,4-5,8-10,17H2,1-2H3,(H2,18,19,21,22);1H. The van der Waals surface area contributed by atoms with E-state index >= 15 is 0 Å². The molecule has 134 valence electrons. The van der Waals surface area contributed by atoms with E-state index in [1.54, 1.807) is 14.0 Å². The fourth-order valence-electron chi connectivity index (χ4n) is 2.78. The number of ether oxygens (including phenoxy) is 1. The number of carbonyl (C=O) groups is 2. The molecule has 0 spiro atoms. The maximum absolute atomic E-state index is 12.1. The van der Waals surface area contributed by atoms with Gasteiger partial charge in [-0.25, -0.2) is 4.79 Å². The molecular formula is C16H25ClN4O3. The second-order valence-corrected chi connectivity index (χ2v) is 5.75. The van der Waals surface area contributed by atoms with E-state index in [-0.39, 0.29) is 30.9 Å². The Balaban J connectivity index is 0.00000288. The highest BCUT2D eigenvalue weighted by atomic mass is 35.5. The molecule has 0 aromatic heterocycles. The number of nitrogens with one attached hydrogen (secondary N) is 2. The highest BCUT2D eigenvalue weighted by molar-refractivity contribution is 5.96. The van der Waals surface area contributed by atoms with Crippen molar-refractivity contribution in [3.05, 3.63) is 23.8 Å². The number of carbonyl (C=O) groups excluding carboxylic acids is 2. The van der Waals surface area contributed by atoms with E-state index in [1.165, 1.54) is 0 Å². The Morgan fingerprint density at radius 2 is 2.17 bits per heavy atom. The highest BCUT2D eigenvalue weighted by Gasteiger charge is 2.21. The molecule has 1 aliphatic rings. The molecule has 3 amide bonds. The summed E-state index contributed by atoms with van der Waals surface area (Å²) in [7, 11) is 1.56. The van der Waals surface area contributed by atoms with Gasteiger partial charge in [-0.1, -0.05) is 6.07 Å². The van der Waals surface area contributed by atoms with Crippen LogP contribution in [0.15, 0.2) is 18.2 Å². The first kappa shape index (κ1) is 20.1. The van der Waals surface area contributed by atoms with Gasteiger partial charge >= 0.3 is 6.03 Å². The van der Waals surface area contributed by atoms with Crippen molar-refractivity contribution in [2.75, 3.05) is 37.4 Å². The number of nitrogen functional groups attached to an aromatic ring is 1. The van der Waals surface area contributed by atoms with E-state index < -0.39 is 6.03 Å². The minimum Gasteiger partial charge on any atom is -0.398 e. The number of fused-ring (bicyclic) bond motifs is 1. The molecule has 0 radical (unpaired) electrons. The molecule has 0 saturated heterocycles. The summed E-state index contributed by atoms with van der Waals surface area (Å²) < 4.78 is 4.93. The number of rotatable bonds is 5. The second-order valence-electron chi connectivity index (χ2n) is 5.75. The minimum atomic E-state index is -0.510. The van der Waals surface area contributed by atoms with Crippen molar-refractivity contribution in [1.82, 2.24) is 10.6 Å². The molecule has 1 atom stereocenters. The van der Waals surface area contributed by atoms with Crippen LogP contribution in [0.5, 0.6) is 0 Å². The number of imide groups is 1. The van der Waals surface area contributed by atoms with Gasteiger partial charge in [0.25, 0.3) is 0 Å². The van der Waals surface area contributed by atoms with E-state index in [2.05, 4.69) is 10.6 Å². The quantitative estimate of drug-likeness (QED) is 0.691. The number of benzene rings is 1. The van der Waals surface area contributed by atoms with Gasteiger partial charge in [-0.15, -0.1) is 12.4 Å². The molecule has 1 heterocycles. The smallest absolute Gasteiger partial charge is 0.321 e. The molecule has 2 rings (SSSR count). The summed E-state index contributed by atoms with van der Waals surface area (Å²) >= 11 is 0. The van der Waals surface area contributed by atoms with Crippen LogP contribution >= 0.6 is 12.4 Å². The lowest BCUT2D eigenvalue weighted by molar-refractivity contribution is -0.118. The van der Waals surface area contributed by atoms with Crippen LogP contribution in [0.3, 0.4) is 0 Å². The van der Waals surface area contributed by atoms with Crippen molar-refractivity contribution in [2.24, 2.45) is 0 Å². The molecule has 0 saturated carbocycles. The Bertz CT molecular complexity index is 582. The van der Waals surface area contributed by atoms with Crippen molar-refractivity contribution in [3.8, 4) is 0 Å². The molecule has 0 aliphatic carbocycles. The van der Waals surface area contributed by atoms with Crippen LogP contribution in [-0.2, 0) is 16.0 Å². The number of amides is 3. The zero-order chi connectivity index (χ0) is 16.8. The molecular weight excluding hydrogens is 332 g/mol. The zero-order valence-electron chi connectivity index (χ0n) is 14.0. The van der Waals surface area contributed by atoms with Crippen LogP contribution in [0.1, 0.15) is 18.9 Å². The number of hydrogen-bond donors (Lipinski definition) is 3. The number of nitrogens with zero attached hydrogens (tertiary/aromatic N) is 1. The minimum absolute atomic E-state index is 0. The Morgan fingerprint density at radius 3 is 2.88 bits per heavy atom. The third-order valence-electron chi connectivity index (χ3n) is 3.76. The van der Waals surface area contributed by atoms with Crippen molar-refractivity contribution in [2.45, 2.75) is 25.8 Å². The molecule has 0 fully saturated rings. The van der Waals surface area contributed by atoms with Gasteiger partial charge < -0.3 is 20.7 Å². The van der Waals surface area contributed by atoms with Gasteiger partial charge in [0.05, 0.1) is 19.2 Å². The molecule has 0 bridgehead atoms. The third-order valence-corrected chi connectivity index (χ3v) is 3.76. The summed E-state index contributed by atoms with van der Waals surface area (Å²) in [6, 6.07) is 5.03. The van der Waals surface area contributed by atoms with Crippen molar-refractivity contribution in [3.63, 3.8) is 0 Å². The zero-order valence-corrected chi connectivity index (χ0v) is 14.8. The molecule has 1 unspecified atom stereocenters. The summed E-state index contributed by atoms with van der Waals surface area (Å²) in [5.41, 5.74) is 8.79. The average molecular weight is 357 g/mol. The maximum Gasteiger partial charge on any atom is 0.321 e. The molecule has 24 heavy (non-hydrogen) atoms. The van der Waals surface area contributed by atoms with Crippen molar-refractivity contribution < 1.29 is 14.3 Å². The number of halogens is 1. The lowest BCUT2D eigenvalue weighted by atomic mass is 10.00. The largest absolute Gasteiger partial charge is 0.398 e. The van der Waals surface area contributed by atoms with Gasteiger partial charge in [-0.2, -0.15) is 0 Å². The Morgan fingerprint density at radius 1 is 1.42 bits per heavy atom. The molecule has 8 heteroatoms. The van der Waals surface area contributed by atoms with Crippen LogP contribution in [0, 0.1) is 0 Å². The number of methoxy groups -OCH3 is 1. The first-order chi connectivity index (χ1) is 11.0. The predicted octanol–water partition coefficient (Wildman–Crippen LogP) is 1.30. The summed E-state index contributed by atoms with van der Waals surface area (Å²) in [6.07, 6.45) is 1.85. The van der Waals surface area contributed by atoms with Crippen molar-refractivity contribution in [1.29, 1.82) is 0 Å². The van der Waals surface area contributed by atoms with Crippen LogP contribution in [0.2, 0.25) is 0 Å². The van der Waals surface area contributed by atoms with Crippen LogP contribution in [0.4, 0.5) is 16.2 Å². The van der Waals surface area contributed by atoms with Gasteiger partial charge in [0.15, 0.2) is 0 Å². The Labute approximate surface area is 148 Å². The van der Waals surface area contributed by atoms with Crippen LogP contribution in [0.25, 0.3) is 0 Å². The average Bonchev–Trinajstić information content (AvgIpc) is 2.48. The van der Waals surface area contributed by atoms with Crippen LogP contribution in [-0.4, -0.2) is 44.8 Å². The fourth-order valence-corrected chi connectivity index (χ4v) is 2.78. The van der Waals surface area contributed by atoms with E-state index in [4.69, 9.17) is 10.5 Å². The second kappa shape index (κ2) is 9.34. The van der Waals surface area contributed by atoms with Gasteiger partial charge in [-0.05, 0) is 37.5 Å². The lowest BCUT2D eigenvalue weighted by Crippen LogP contribution is -2.48. The third kappa shape index (κ3) is 5.28. The number of nitrogens with two attached hydrogens (primary N) is 1. The van der Waals surface area contributed by atoms with E-state index in [0.717, 1.165) is 36.3 Å². The van der Waals surface area contributed by atoms with Crippen molar-refractivity contribution >= 4 is 35.7 Å². The first-order valence-electron chi connectivity index (χ1n) is 7.73. The summed E-state index contributed by atoms with van der Waals surface area (Å²) in [5.74, 6) is -0.345. The van der Waals surface area contributed by atoms with E-state index in [9.17, 15) is 9.59 Å². The van der Waals surface area contributed by atoms with Gasteiger partial charge in [0, 0.05) is 25.0 Å². The van der Waals surface area contributed by atoms with Gasteiger partial charge in [0.1, 0.15) is 0 Å². The van der Waals surface area contributed by atoms with Crippen LogP contribution < -0.4 is 21.3 Å². The maximum atomic E-state index is 12.1. The summed E-state index contributed by atoms with van der Waals surface area (Å²) in [5, 5.41) is 4.99. The summed E-state index contributed by atoms with van der Waals surface area (Å²) in [6.45, 7) is 3.09. The van der Waals surface area contributed by atoms with E-state index in [1.807, 2.05) is 23.1 Å². The monoisotopic (exact) mass is 356 g/mol. The van der Waals surface area contributed by atoms with E-state index in [0.29, 0.717) is 6.61 Å². The molecule has 1 aromatic carbocycles. The number of anilines is 2. The normalized spacial score (nSPS) is 14.2. The van der Waals surface area contributed by atoms with Gasteiger partial charge in [-0.3, -0.25) is 10.1 Å². The topological polar surface area (TPSA) is 96.7 Å². The molecule has 4 N–H and O–H groups in total. The number of hydrogen-bond acceptors (Lipinski definition) is 5. The Hall–Kier alpha value is -1.99. The molecule has 7 nitrogen and oxygen atoms in total. The fraction of sp³-hybridized carbons (Fsp3) is 0.500. The predicted molar refractivity (Wildman–Crippen MR) is 96.6 cm³/mol. The molecule has 1 aliphatic heterocycles. The highest BCUT2D eigenvalue weighted by Crippen LogP contribution is 2.30. The van der Waals surface area contributed by atoms with Gasteiger partial charge in [0.2, 0.25) is 5.91 Å². The Kier molecular flexibility index (Phi) is 7.81. The SMILES string of the molecule is COCC(C)NC(=O)NC(=O)CN1CCCc2c(N)cccc21.Cl. The number of urea groups is 1. The first-order valence-corrected chi connectivity index (χ1v) is 7.73. The lowest BCUT2D eigenvalue weighted by Gasteiger charge is -2.31. The summed E-state index contributed by atoms with van der Waals surface area (Å²) in [4.78, 5) is 25.8. The molecule has 1 aromatic rings.